The molecule has 0 aliphatic carbocycles. The van der Waals surface area contributed by atoms with Gasteiger partial charge in [-0.1, -0.05) is 31.3 Å². The van der Waals surface area contributed by atoms with Crippen molar-refractivity contribution in [1.29, 1.82) is 0 Å². The molecule has 7 heteroatoms. The highest BCUT2D eigenvalue weighted by Crippen LogP contribution is 2.24. The van der Waals surface area contributed by atoms with Crippen LogP contribution in [0.15, 0.2) is 47.5 Å². The van der Waals surface area contributed by atoms with Crippen LogP contribution < -0.4 is 9.70 Å². The molecule has 1 aromatic heterocycles. The van der Waals surface area contributed by atoms with Crippen LogP contribution in [0.2, 0.25) is 0 Å². The molecule has 0 radical (unpaired) electrons. The molecule has 0 saturated heterocycles. The summed E-state index contributed by atoms with van der Waals surface area (Å²) in [5.74, 6) is -0.197. The standard InChI is InChI=1S/C23H27N3O3S/c1-15(2)17-8-11-19-20(14-17)30-23(26(19)13-12-21(27)29-5)24-22(28)16-6-9-18(10-7-16)25(3)4/h6-11,14-15H,12-13H2,1-5H3. The highest BCUT2D eigenvalue weighted by Gasteiger charge is 2.12. The van der Waals surface area contributed by atoms with E-state index in [-0.39, 0.29) is 18.3 Å². The molecule has 1 heterocycles. The van der Waals surface area contributed by atoms with Crippen LogP contribution in [0.25, 0.3) is 10.2 Å². The molecule has 0 fully saturated rings. The second kappa shape index (κ2) is 9.26. The van der Waals surface area contributed by atoms with Crippen molar-refractivity contribution in [3.8, 4) is 0 Å². The van der Waals surface area contributed by atoms with Crippen LogP contribution in [-0.4, -0.2) is 37.6 Å². The molecule has 0 atom stereocenters. The van der Waals surface area contributed by atoms with Crippen molar-refractivity contribution < 1.29 is 14.3 Å². The van der Waals surface area contributed by atoms with E-state index in [0.29, 0.717) is 22.8 Å². The molecule has 6 nitrogen and oxygen atoms in total. The maximum absolute atomic E-state index is 12.8. The van der Waals surface area contributed by atoms with E-state index in [2.05, 4.69) is 31.0 Å². The summed E-state index contributed by atoms with van der Waals surface area (Å²) < 4.78 is 7.75. The molecule has 2 aromatic carbocycles. The van der Waals surface area contributed by atoms with Gasteiger partial charge in [-0.05, 0) is 47.9 Å². The van der Waals surface area contributed by atoms with Gasteiger partial charge in [0.25, 0.3) is 5.91 Å². The lowest BCUT2D eigenvalue weighted by molar-refractivity contribution is -0.140. The van der Waals surface area contributed by atoms with Gasteiger partial charge in [0, 0.05) is 31.9 Å². The normalized spacial score (nSPS) is 11.9. The number of hydrogen-bond acceptors (Lipinski definition) is 5. The lowest BCUT2D eigenvalue weighted by Crippen LogP contribution is -2.19. The third-order valence-electron chi connectivity index (χ3n) is 4.97. The summed E-state index contributed by atoms with van der Waals surface area (Å²) in [5, 5.41) is 0. The summed E-state index contributed by atoms with van der Waals surface area (Å²) >= 11 is 1.46. The molecule has 158 valence electrons. The van der Waals surface area contributed by atoms with Gasteiger partial charge in [-0.3, -0.25) is 9.59 Å². The number of esters is 1. The van der Waals surface area contributed by atoms with Crippen molar-refractivity contribution in [1.82, 2.24) is 4.57 Å². The highest BCUT2D eigenvalue weighted by molar-refractivity contribution is 7.16. The van der Waals surface area contributed by atoms with Gasteiger partial charge < -0.3 is 14.2 Å². The molecule has 0 bridgehead atoms. The Kier molecular flexibility index (Phi) is 6.72. The summed E-state index contributed by atoms with van der Waals surface area (Å²) in [5.41, 5.74) is 3.73. The van der Waals surface area contributed by atoms with E-state index in [9.17, 15) is 9.59 Å². The summed E-state index contributed by atoms with van der Waals surface area (Å²) in [4.78, 5) is 31.5. The topological polar surface area (TPSA) is 63.9 Å². The molecular formula is C23H27N3O3S. The Morgan fingerprint density at radius 1 is 1.13 bits per heavy atom. The van der Waals surface area contributed by atoms with Crippen LogP contribution in [-0.2, 0) is 16.1 Å². The number of carbonyl (C=O) groups excluding carboxylic acids is 2. The van der Waals surface area contributed by atoms with E-state index < -0.39 is 0 Å². The Morgan fingerprint density at radius 2 is 1.83 bits per heavy atom. The zero-order valence-corrected chi connectivity index (χ0v) is 18.8. The number of methoxy groups -OCH3 is 1. The van der Waals surface area contributed by atoms with Crippen molar-refractivity contribution >= 4 is 39.1 Å². The van der Waals surface area contributed by atoms with Crippen molar-refractivity contribution in [2.45, 2.75) is 32.7 Å². The third kappa shape index (κ3) is 4.79. The Labute approximate surface area is 180 Å². The molecule has 0 aliphatic heterocycles. The number of fused-ring (bicyclic) bond motifs is 1. The first kappa shape index (κ1) is 21.8. The van der Waals surface area contributed by atoms with E-state index >= 15 is 0 Å². The first-order valence-electron chi connectivity index (χ1n) is 9.86. The number of hydrogen-bond donors (Lipinski definition) is 0. The number of ether oxygens (including phenoxy) is 1. The zero-order chi connectivity index (χ0) is 21.8. The number of carbonyl (C=O) groups is 2. The highest BCUT2D eigenvalue weighted by atomic mass is 32.1. The lowest BCUT2D eigenvalue weighted by atomic mass is 10.0. The van der Waals surface area contributed by atoms with Gasteiger partial charge >= 0.3 is 5.97 Å². The van der Waals surface area contributed by atoms with E-state index in [4.69, 9.17) is 4.74 Å². The van der Waals surface area contributed by atoms with Crippen LogP contribution in [0.4, 0.5) is 5.69 Å². The minimum absolute atomic E-state index is 0.215. The minimum atomic E-state index is -0.303. The second-order valence-corrected chi connectivity index (χ2v) is 8.61. The summed E-state index contributed by atoms with van der Waals surface area (Å²) in [6, 6.07) is 13.6. The van der Waals surface area contributed by atoms with E-state index in [0.717, 1.165) is 15.9 Å². The number of rotatable bonds is 6. The smallest absolute Gasteiger partial charge is 0.307 e. The number of nitrogens with zero attached hydrogens (tertiary/aromatic N) is 3. The predicted octanol–water partition coefficient (Wildman–Crippen LogP) is 4.20. The molecule has 0 spiro atoms. The first-order valence-corrected chi connectivity index (χ1v) is 10.7. The summed E-state index contributed by atoms with van der Waals surface area (Å²) in [7, 11) is 5.28. The maximum atomic E-state index is 12.8. The van der Waals surface area contributed by atoms with Gasteiger partial charge in [0.2, 0.25) is 0 Å². The average molecular weight is 426 g/mol. The Bertz CT molecular complexity index is 1120. The van der Waals surface area contributed by atoms with Gasteiger partial charge in [-0.15, -0.1) is 0 Å². The molecule has 0 aliphatic rings. The average Bonchev–Trinajstić information content (AvgIpc) is 3.07. The van der Waals surface area contributed by atoms with Crippen LogP contribution in [0, 0.1) is 0 Å². The van der Waals surface area contributed by atoms with Gasteiger partial charge in [-0.25, -0.2) is 0 Å². The van der Waals surface area contributed by atoms with Crippen LogP contribution in [0.3, 0.4) is 0 Å². The van der Waals surface area contributed by atoms with Gasteiger partial charge in [-0.2, -0.15) is 4.99 Å². The van der Waals surface area contributed by atoms with Crippen LogP contribution in [0.5, 0.6) is 0 Å². The van der Waals surface area contributed by atoms with Crippen molar-refractivity contribution in [2.75, 3.05) is 26.1 Å². The van der Waals surface area contributed by atoms with E-state index in [1.807, 2.05) is 41.8 Å². The molecule has 1 amide bonds. The molecule has 3 rings (SSSR count). The minimum Gasteiger partial charge on any atom is -0.469 e. The largest absolute Gasteiger partial charge is 0.469 e. The van der Waals surface area contributed by atoms with Gasteiger partial charge in [0.1, 0.15) is 0 Å². The molecule has 0 N–H and O–H groups in total. The third-order valence-corrected chi connectivity index (χ3v) is 6.01. The zero-order valence-electron chi connectivity index (χ0n) is 18.0. The fourth-order valence-electron chi connectivity index (χ4n) is 3.11. The summed E-state index contributed by atoms with van der Waals surface area (Å²) in [6.45, 7) is 4.69. The van der Waals surface area contributed by atoms with Crippen molar-refractivity contribution in [2.24, 2.45) is 4.99 Å². The lowest BCUT2D eigenvalue weighted by Gasteiger charge is -2.11. The maximum Gasteiger partial charge on any atom is 0.307 e. The number of amides is 1. The van der Waals surface area contributed by atoms with Gasteiger partial charge in [0.05, 0.1) is 23.7 Å². The number of thiazole rings is 1. The number of aromatic nitrogens is 1. The number of anilines is 1. The fourth-order valence-corrected chi connectivity index (χ4v) is 4.21. The molecule has 0 saturated carbocycles. The summed E-state index contributed by atoms with van der Waals surface area (Å²) in [6.07, 6.45) is 0.215. The van der Waals surface area contributed by atoms with Crippen LogP contribution >= 0.6 is 11.3 Å². The second-order valence-electron chi connectivity index (χ2n) is 7.60. The first-order chi connectivity index (χ1) is 14.3. The predicted molar refractivity (Wildman–Crippen MR) is 121 cm³/mol. The Morgan fingerprint density at radius 3 is 2.43 bits per heavy atom. The quantitative estimate of drug-likeness (QED) is 0.556. The number of aryl methyl sites for hydroxylation is 1. The molecule has 0 unspecified atom stereocenters. The Balaban J connectivity index is 2.04. The van der Waals surface area contributed by atoms with E-state index in [1.165, 1.54) is 24.0 Å². The monoisotopic (exact) mass is 425 g/mol. The SMILES string of the molecule is COC(=O)CCn1c(=NC(=O)c2ccc(N(C)C)cc2)sc2cc(C(C)C)ccc21. The molecular weight excluding hydrogens is 398 g/mol. The fraction of sp³-hybridized carbons (Fsp3) is 0.348. The molecule has 30 heavy (non-hydrogen) atoms. The van der Waals surface area contributed by atoms with Gasteiger partial charge in [0.15, 0.2) is 4.80 Å². The van der Waals surface area contributed by atoms with Crippen molar-refractivity contribution in [3.63, 3.8) is 0 Å². The van der Waals surface area contributed by atoms with E-state index in [1.54, 1.807) is 12.1 Å². The van der Waals surface area contributed by atoms with Crippen LogP contribution in [0.1, 0.15) is 42.1 Å². The number of benzene rings is 2. The Hall–Kier alpha value is -2.93. The molecule has 3 aromatic rings. The van der Waals surface area contributed by atoms with Crippen molar-refractivity contribution in [3.05, 3.63) is 58.4 Å².